The zero-order valence-electron chi connectivity index (χ0n) is 10.8. The molecular formula is C13H13Cl2N3OS. The maximum Gasteiger partial charge on any atom is 0.234 e. The maximum absolute atomic E-state index is 11.9. The lowest BCUT2D eigenvalue weighted by Crippen LogP contribution is -2.15. The summed E-state index contributed by atoms with van der Waals surface area (Å²) in [7, 11) is 0. The molecule has 0 radical (unpaired) electrons. The first kappa shape index (κ1) is 15.2. The third-order valence-electron chi connectivity index (χ3n) is 2.58. The number of anilines is 1. The van der Waals surface area contributed by atoms with Crippen molar-refractivity contribution < 1.29 is 4.79 Å². The number of halogens is 2. The minimum Gasteiger partial charge on any atom is -0.326 e. The molecule has 0 saturated carbocycles. The molecule has 0 atom stereocenters. The molecule has 1 heterocycles. The molecule has 1 aromatic heterocycles. The summed E-state index contributed by atoms with van der Waals surface area (Å²) in [6.45, 7) is 2.84. The van der Waals surface area contributed by atoms with Crippen LogP contribution >= 0.6 is 35.0 Å². The lowest BCUT2D eigenvalue weighted by atomic mass is 10.3. The smallest absolute Gasteiger partial charge is 0.234 e. The Labute approximate surface area is 131 Å². The van der Waals surface area contributed by atoms with E-state index >= 15 is 0 Å². The first-order valence-electron chi connectivity index (χ1n) is 5.99. The van der Waals surface area contributed by atoms with Crippen molar-refractivity contribution in [1.29, 1.82) is 0 Å². The monoisotopic (exact) mass is 329 g/mol. The zero-order chi connectivity index (χ0) is 14.5. The van der Waals surface area contributed by atoms with Crippen LogP contribution in [0.2, 0.25) is 10.0 Å². The van der Waals surface area contributed by atoms with Crippen LogP contribution in [0, 0.1) is 0 Å². The summed E-state index contributed by atoms with van der Waals surface area (Å²) in [6, 6.07) is 5.09. The molecule has 2 aromatic rings. The van der Waals surface area contributed by atoms with Gasteiger partial charge in [-0.1, -0.05) is 41.0 Å². The van der Waals surface area contributed by atoms with Gasteiger partial charge in [0.1, 0.15) is 0 Å². The van der Waals surface area contributed by atoms with E-state index in [-0.39, 0.29) is 11.7 Å². The predicted molar refractivity (Wildman–Crippen MR) is 83.7 cm³/mol. The van der Waals surface area contributed by atoms with Crippen molar-refractivity contribution in [3.8, 4) is 0 Å². The van der Waals surface area contributed by atoms with Crippen molar-refractivity contribution in [1.82, 2.24) is 9.55 Å². The van der Waals surface area contributed by atoms with Crippen molar-refractivity contribution in [3.63, 3.8) is 0 Å². The second-order valence-corrected chi connectivity index (χ2v) is 5.69. The number of para-hydroxylation sites is 1. The molecule has 0 aliphatic heterocycles. The molecule has 0 fully saturated rings. The van der Waals surface area contributed by atoms with E-state index in [4.69, 9.17) is 23.2 Å². The van der Waals surface area contributed by atoms with E-state index in [9.17, 15) is 4.79 Å². The zero-order valence-corrected chi connectivity index (χ0v) is 13.1. The maximum atomic E-state index is 11.9. The highest BCUT2D eigenvalue weighted by Gasteiger charge is 2.11. The van der Waals surface area contributed by atoms with Gasteiger partial charge in [0.25, 0.3) is 0 Å². The number of nitrogens with zero attached hydrogens (tertiary/aromatic N) is 2. The van der Waals surface area contributed by atoms with Gasteiger partial charge in [-0.25, -0.2) is 4.98 Å². The van der Waals surface area contributed by atoms with Crippen molar-refractivity contribution in [2.45, 2.75) is 18.6 Å². The van der Waals surface area contributed by atoms with Crippen LogP contribution in [0.3, 0.4) is 0 Å². The van der Waals surface area contributed by atoms with Crippen molar-refractivity contribution >= 4 is 46.6 Å². The molecule has 0 aliphatic carbocycles. The summed E-state index contributed by atoms with van der Waals surface area (Å²) in [6.07, 6.45) is 3.60. The van der Waals surface area contributed by atoms with Crippen LogP contribution in [0.5, 0.6) is 0 Å². The number of carbonyl (C=O) groups is 1. The van der Waals surface area contributed by atoms with Crippen LogP contribution in [0.15, 0.2) is 35.7 Å². The average Bonchev–Trinajstić information content (AvgIpc) is 2.88. The van der Waals surface area contributed by atoms with Crippen LogP contribution < -0.4 is 5.32 Å². The Morgan fingerprint density at radius 2 is 2.10 bits per heavy atom. The number of rotatable bonds is 5. The average molecular weight is 330 g/mol. The van der Waals surface area contributed by atoms with Crippen LogP contribution in [-0.2, 0) is 11.3 Å². The van der Waals surface area contributed by atoms with E-state index in [0.29, 0.717) is 15.7 Å². The predicted octanol–water partition coefficient (Wildman–Crippen LogP) is 3.94. The normalized spacial score (nSPS) is 10.6. The standard InChI is InChI=1S/C13H13Cl2N3OS/c1-2-18-7-6-16-13(18)20-8-11(19)17-12-9(14)4-3-5-10(12)15/h3-7H,2,8H2,1H3,(H,17,19). The Balaban J connectivity index is 1.96. The fraction of sp³-hybridized carbons (Fsp3) is 0.231. The number of aryl methyl sites for hydroxylation is 1. The number of imidazole rings is 1. The van der Waals surface area contributed by atoms with Crippen LogP contribution in [-0.4, -0.2) is 21.2 Å². The number of thioether (sulfide) groups is 1. The second kappa shape index (κ2) is 7.02. The third kappa shape index (κ3) is 3.69. The molecule has 0 unspecified atom stereocenters. The van der Waals surface area contributed by atoms with Gasteiger partial charge in [0.15, 0.2) is 5.16 Å². The number of amides is 1. The van der Waals surface area contributed by atoms with Crippen LogP contribution in [0.1, 0.15) is 6.92 Å². The van der Waals surface area contributed by atoms with E-state index < -0.39 is 0 Å². The molecule has 7 heteroatoms. The highest BCUT2D eigenvalue weighted by Crippen LogP contribution is 2.30. The number of carbonyl (C=O) groups excluding carboxylic acids is 1. The molecule has 0 aliphatic rings. The molecule has 1 amide bonds. The molecule has 0 saturated heterocycles. The van der Waals surface area contributed by atoms with Gasteiger partial charge in [0.2, 0.25) is 5.91 Å². The Morgan fingerprint density at radius 1 is 1.40 bits per heavy atom. The summed E-state index contributed by atoms with van der Waals surface area (Å²) >= 11 is 13.4. The van der Waals surface area contributed by atoms with Gasteiger partial charge in [-0.05, 0) is 19.1 Å². The minimum absolute atomic E-state index is 0.171. The van der Waals surface area contributed by atoms with E-state index in [1.54, 1.807) is 24.4 Å². The molecule has 0 bridgehead atoms. The third-order valence-corrected chi connectivity index (χ3v) is 4.21. The fourth-order valence-electron chi connectivity index (χ4n) is 1.60. The molecule has 20 heavy (non-hydrogen) atoms. The van der Waals surface area contributed by atoms with Gasteiger partial charge in [-0.15, -0.1) is 0 Å². The Morgan fingerprint density at radius 3 is 2.75 bits per heavy atom. The SMILES string of the molecule is CCn1ccnc1SCC(=O)Nc1c(Cl)cccc1Cl. The first-order valence-corrected chi connectivity index (χ1v) is 7.73. The lowest BCUT2D eigenvalue weighted by molar-refractivity contribution is -0.113. The van der Waals surface area contributed by atoms with Gasteiger partial charge in [-0.2, -0.15) is 0 Å². The molecule has 0 spiro atoms. The van der Waals surface area contributed by atoms with Crippen LogP contribution in [0.25, 0.3) is 0 Å². The quantitative estimate of drug-likeness (QED) is 0.845. The molecule has 1 aromatic carbocycles. The van der Waals surface area contributed by atoms with Crippen molar-refractivity contribution in [3.05, 3.63) is 40.6 Å². The highest BCUT2D eigenvalue weighted by molar-refractivity contribution is 7.99. The van der Waals surface area contributed by atoms with Gasteiger partial charge >= 0.3 is 0 Å². The second-order valence-electron chi connectivity index (χ2n) is 3.93. The Hall–Kier alpha value is -1.17. The number of benzene rings is 1. The topological polar surface area (TPSA) is 46.9 Å². The Bertz CT molecular complexity index is 595. The highest BCUT2D eigenvalue weighted by atomic mass is 35.5. The van der Waals surface area contributed by atoms with Gasteiger partial charge in [0.05, 0.1) is 21.5 Å². The summed E-state index contributed by atoms with van der Waals surface area (Å²) in [5.74, 6) is 0.0779. The van der Waals surface area contributed by atoms with Crippen molar-refractivity contribution in [2.24, 2.45) is 0 Å². The summed E-state index contributed by atoms with van der Waals surface area (Å²) in [5.41, 5.74) is 0.445. The summed E-state index contributed by atoms with van der Waals surface area (Å²) in [5, 5.41) is 4.37. The number of nitrogens with one attached hydrogen (secondary N) is 1. The van der Waals surface area contributed by atoms with Gasteiger partial charge < -0.3 is 9.88 Å². The minimum atomic E-state index is -0.171. The first-order chi connectivity index (χ1) is 9.61. The summed E-state index contributed by atoms with van der Waals surface area (Å²) < 4.78 is 1.97. The molecule has 1 N–H and O–H groups in total. The molecule has 2 rings (SSSR count). The van der Waals surface area contributed by atoms with E-state index in [2.05, 4.69) is 10.3 Å². The largest absolute Gasteiger partial charge is 0.326 e. The molecule has 4 nitrogen and oxygen atoms in total. The van der Waals surface area contributed by atoms with E-state index in [1.165, 1.54) is 11.8 Å². The fourth-order valence-corrected chi connectivity index (χ4v) is 2.91. The number of hydrogen-bond acceptors (Lipinski definition) is 3. The van der Waals surface area contributed by atoms with Gasteiger partial charge in [-0.3, -0.25) is 4.79 Å². The molecular weight excluding hydrogens is 317 g/mol. The van der Waals surface area contributed by atoms with E-state index in [1.807, 2.05) is 17.7 Å². The number of hydrogen-bond donors (Lipinski definition) is 1. The number of aromatic nitrogens is 2. The van der Waals surface area contributed by atoms with Gasteiger partial charge in [0, 0.05) is 18.9 Å². The molecule has 106 valence electrons. The Kier molecular flexibility index (Phi) is 5.34. The van der Waals surface area contributed by atoms with E-state index in [0.717, 1.165) is 11.7 Å². The van der Waals surface area contributed by atoms with Crippen LogP contribution in [0.4, 0.5) is 5.69 Å². The lowest BCUT2D eigenvalue weighted by Gasteiger charge is -2.09. The van der Waals surface area contributed by atoms with Crippen molar-refractivity contribution in [2.75, 3.05) is 11.1 Å². The summed E-state index contributed by atoms with van der Waals surface area (Å²) in [4.78, 5) is 16.1.